The third kappa shape index (κ3) is 2.52. The summed E-state index contributed by atoms with van der Waals surface area (Å²) < 4.78 is 10.9. The number of fused-ring (bicyclic) bond motifs is 1. The van der Waals surface area contributed by atoms with Gasteiger partial charge in [-0.2, -0.15) is 0 Å². The van der Waals surface area contributed by atoms with Crippen molar-refractivity contribution in [2.24, 2.45) is 0 Å². The van der Waals surface area contributed by atoms with Crippen molar-refractivity contribution in [3.05, 3.63) is 30.1 Å². The van der Waals surface area contributed by atoms with E-state index in [1.165, 1.54) is 0 Å². The number of methoxy groups -OCH3 is 2. The van der Waals surface area contributed by atoms with Gasteiger partial charge >= 0.3 is 0 Å². The third-order valence-electron chi connectivity index (χ3n) is 4.22. The Morgan fingerprint density at radius 2 is 2.00 bits per heavy atom. The van der Waals surface area contributed by atoms with E-state index < -0.39 is 5.79 Å². The number of imidazole rings is 1. The van der Waals surface area contributed by atoms with Gasteiger partial charge < -0.3 is 19.4 Å². The molecule has 1 aromatic carbocycles. The van der Waals surface area contributed by atoms with Crippen LogP contribution < -0.4 is 0 Å². The maximum atomic E-state index is 12.6. The smallest absolute Gasteiger partial charge is 0.253 e. The fourth-order valence-electron chi connectivity index (χ4n) is 2.79. The Morgan fingerprint density at radius 3 is 2.67 bits per heavy atom. The van der Waals surface area contributed by atoms with E-state index in [1.807, 2.05) is 23.1 Å². The first kappa shape index (κ1) is 14.0. The Labute approximate surface area is 123 Å². The number of piperidine rings is 1. The molecule has 1 aromatic heterocycles. The van der Waals surface area contributed by atoms with Gasteiger partial charge in [-0.25, -0.2) is 4.98 Å². The second-order valence-electron chi connectivity index (χ2n) is 5.25. The lowest BCUT2D eigenvalue weighted by Crippen LogP contribution is -2.48. The van der Waals surface area contributed by atoms with Crippen LogP contribution in [0.1, 0.15) is 23.2 Å². The van der Waals surface area contributed by atoms with E-state index in [0.717, 1.165) is 11.0 Å². The van der Waals surface area contributed by atoms with E-state index >= 15 is 0 Å². The predicted molar refractivity (Wildman–Crippen MR) is 78.0 cm³/mol. The van der Waals surface area contributed by atoms with E-state index in [2.05, 4.69) is 9.97 Å². The number of amides is 1. The molecule has 1 saturated heterocycles. The molecule has 1 aliphatic rings. The Balaban J connectivity index is 1.74. The van der Waals surface area contributed by atoms with Crippen molar-refractivity contribution < 1.29 is 14.3 Å². The molecule has 1 fully saturated rings. The van der Waals surface area contributed by atoms with Crippen LogP contribution in [0.4, 0.5) is 0 Å². The van der Waals surface area contributed by atoms with Crippen LogP contribution in [0.5, 0.6) is 0 Å². The van der Waals surface area contributed by atoms with Crippen molar-refractivity contribution in [3.8, 4) is 0 Å². The molecule has 3 rings (SSSR count). The van der Waals surface area contributed by atoms with Gasteiger partial charge in [0.1, 0.15) is 0 Å². The molecule has 2 heterocycles. The highest BCUT2D eigenvalue weighted by molar-refractivity contribution is 5.97. The molecule has 2 aromatic rings. The SMILES string of the molecule is COC1(OC)CCN(C(=O)c2ccc3nc[nH]c3c2)CC1. The summed E-state index contributed by atoms with van der Waals surface area (Å²) in [6.07, 6.45) is 2.99. The molecule has 0 bridgehead atoms. The number of rotatable bonds is 3. The number of likely N-dealkylation sites (tertiary alicyclic amines) is 1. The van der Waals surface area contributed by atoms with Crippen molar-refractivity contribution >= 4 is 16.9 Å². The number of carbonyl (C=O) groups excluding carboxylic acids is 1. The molecule has 6 heteroatoms. The molecule has 1 N–H and O–H groups in total. The van der Waals surface area contributed by atoms with Gasteiger partial charge in [-0.05, 0) is 18.2 Å². The summed E-state index contributed by atoms with van der Waals surface area (Å²) in [6.45, 7) is 1.25. The highest BCUT2D eigenvalue weighted by atomic mass is 16.7. The molecule has 0 unspecified atom stereocenters. The zero-order valence-corrected chi connectivity index (χ0v) is 12.3. The first-order valence-electron chi connectivity index (χ1n) is 7.00. The van der Waals surface area contributed by atoms with E-state index in [4.69, 9.17) is 9.47 Å². The first-order chi connectivity index (χ1) is 10.2. The monoisotopic (exact) mass is 289 g/mol. The van der Waals surface area contributed by atoms with Crippen molar-refractivity contribution in [2.75, 3.05) is 27.3 Å². The van der Waals surface area contributed by atoms with Gasteiger partial charge in [0, 0.05) is 45.7 Å². The quantitative estimate of drug-likeness (QED) is 0.875. The fraction of sp³-hybridized carbons (Fsp3) is 0.467. The molecule has 0 spiro atoms. The topological polar surface area (TPSA) is 67.5 Å². The van der Waals surface area contributed by atoms with Crippen LogP contribution >= 0.6 is 0 Å². The zero-order valence-electron chi connectivity index (χ0n) is 12.3. The summed E-state index contributed by atoms with van der Waals surface area (Å²) in [7, 11) is 3.29. The van der Waals surface area contributed by atoms with E-state index in [-0.39, 0.29) is 5.91 Å². The molecule has 0 saturated carbocycles. The number of hydrogen-bond donors (Lipinski definition) is 1. The van der Waals surface area contributed by atoms with Gasteiger partial charge in [0.05, 0.1) is 17.4 Å². The van der Waals surface area contributed by atoms with Crippen molar-refractivity contribution in [3.63, 3.8) is 0 Å². The molecular weight excluding hydrogens is 270 g/mol. The molecule has 0 atom stereocenters. The number of benzene rings is 1. The van der Waals surface area contributed by atoms with Crippen LogP contribution in [0.15, 0.2) is 24.5 Å². The molecule has 1 amide bonds. The number of nitrogens with one attached hydrogen (secondary N) is 1. The molecule has 21 heavy (non-hydrogen) atoms. The summed E-state index contributed by atoms with van der Waals surface area (Å²) >= 11 is 0. The molecule has 6 nitrogen and oxygen atoms in total. The largest absolute Gasteiger partial charge is 0.353 e. The van der Waals surface area contributed by atoms with Crippen molar-refractivity contribution in [1.82, 2.24) is 14.9 Å². The first-order valence-corrected chi connectivity index (χ1v) is 7.00. The van der Waals surface area contributed by atoms with Gasteiger partial charge in [-0.1, -0.05) is 0 Å². The Hall–Kier alpha value is -1.92. The van der Waals surface area contributed by atoms with Crippen LogP contribution in [-0.2, 0) is 9.47 Å². The van der Waals surface area contributed by atoms with Gasteiger partial charge in [-0.3, -0.25) is 4.79 Å². The minimum absolute atomic E-state index is 0.0345. The van der Waals surface area contributed by atoms with Crippen LogP contribution in [0.2, 0.25) is 0 Å². The van der Waals surface area contributed by atoms with Crippen molar-refractivity contribution in [2.45, 2.75) is 18.6 Å². The summed E-state index contributed by atoms with van der Waals surface area (Å²) in [5.74, 6) is -0.517. The number of carbonyl (C=O) groups is 1. The van der Waals surface area contributed by atoms with Gasteiger partial charge in [0.15, 0.2) is 5.79 Å². The second kappa shape index (κ2) is 5.46. The Bertz CT molecular complexity index is 638. The summed E-state index contributed by atoms with van der Waals surface area (Å²) in [4.78, 5) is 21.6. The number of ether oxygens (including phenoxy) is 2. The van der Waals surface area contributed by atoms with Crippen LogP contribution in [-0.4, -0.2) is 53.9 Å². The van der Waals surface area contributed by atoms with E-state index in [0.29, 0.717) is 31.5 Å². The fourth-order valence-corrected chi connectivity index (χ4v) is 2.79. The third-order valence-corrected chi connectivity index (χ3v) is 4.22. The standard InChI is InChI=1S/C15H19N3O3/c1-20-15(21-2)5-7-18(8-6-15)14(19)11-3-4-12-13(9-11)17-10-16-12/h3-4,9-10H,5-8H2,1-2H3,(H,16,17). The molecule has 0 radical (unpaired) electrons. The second-order valence-corrected chi connectivity index (χ2v) is 5.25. The average Bonchev–Trinajstić information content (AvgIpc) is 3.02. The van der Waals surface area contributed by atoms with Crippen LogP contribution in [0.25, 0.3) is 11.0 Å². The normalized spacial score (nSPS) is 18.1. The minimum Gasteiger partial charge on any atom is -0.353 e. The van der Waals surface area contributed by atoms with E-state index in [9.17, 15) is 4.79 Å². The number of aromatic nitrogens is 2. The lowest BCUT2D eigenvalue weighted by molar-refractivity contribution is -0.226. The predicted octanol–water partition coefficient (Wildman–Crippen LogP) is 1.79. The van der Waals surface area contributed by atoms with Gasteiger partial charge in [0.25, 0.3) is 5.91 Å². The molecule has 1 aliphatic heterocycles. The van der Waals surface area contributed by atoms with Gasteiger partial charge in [0.2, 0.25) is 0 Å². The number of hydrogen-bond acceptors (Lipinski definition) is 4. The summed E-state index contributed by atoms with van der Waals surface area (Å²) in [5, 5.41) is 0. The summed E-state index contributed by atoms with van der Waals surface area (Å²) in [6, 6.07) is 5.52. The zero-order chi connectivity index (χ0) is 14.9. The Kier molecular flexibility index (Phi) is 3.65. The highest BCUT2D eigenvalue weighted by Gasteiger charge is 2.36. The number of H-pyrrole nitrogens is 1. The van der Waals surface area contributed by atoms with Crippen molar-refractivity contribution in [1.29, 1.82) is 0 Å². The Morgan fingerprint density at radius 1 is 1.29 bits per heavy atom. The maximum Gasteiger partial charge on any atom is 0.253 e. The lowest BCUT2D eigenvalue weighted by atomic mass is 10.0. The van der Waals surface area contributed by atoms with Gasteiger partial charge in [-0.15, -0.1) is 0 Å². The average molecular weight is 289 g/mol. The van der Waals surface area contributed by atoms with Crippen LogP contribution in [0, 0.1) is 0 Å². The van der Waals surface area contributed by atoms with E-state index in [1.54, 1.807) is 20.5 Å². The molecule has 112 valence electrons. The maximum absolute atomic E-state index is 12.6. The minimum atomic E-state index is -0.551. The molecule has 0 aliphatic carbocycles. The summed E-state index contributed by atoms with van der Waals surface area (Å²) in [5.41, 5.74) is 2.41. The lowest BCUT2D eigenvalue weighted by Gasteiger charge is -2.39. The van der Waals surface area contributed by atoms with Crippen LogP contribution in [0.3, 0.4) is 0 Å². The molecular formula is C15H19N3O3. The highest BCUT2D eigenvalue weighted by Crippen LogP contribution is 2.27. The number of nitrogens with zero attached hydrogens (tertiary/aromatic N) is 2. The number of aromatic amines is 1.